The van der Waals surface area contributed by atoms with E-state index in [1.807, 2.05) is 58.9 Å². The van der Waals surface area contributed by atoms with Crippen LogP contribution < -0.4 is 9.62 Å². The van der Waals surface area contributed by atoms with E-state index in [1.54, 1.807) is 36.4 Å². The van der Waals surface area contributed by atoms with Gasteiger partial charge in [0.05, 0.1) is 16.6 Å². The van der Waals surface area contributed by atoms with Crippen molar-refractivity contribution in [3.8, 4) is 0 Å². The molecule has 0 saturated carbocycles. The summed E-state index contributed by atoms with van der Waals surface area (Å²) in [5, 5.41) is 2.98. The Bertz CT molecular complexity index is 1230. The molecule has 1 atom stereocenters. The third kappa shape index (κ3) is 5.63. The molecule has 0 aromatic heterocycles. The van der Waals surface area contributed by atoms with Gasteiger partial charge in [0.1, 0.15) is 6.54 Å². The maximum absolute atomic E-state index is 13.6. The third-order valence-electron chi connectivity index (χ3n) is 5.81. The predicted molar refractivity (Wildman–Crippen MR) is 134 cm³/mol. The number of aryl methyl sites for hydroxylation is 4. The molecule has 5 nitrogen and oxygen atoms in total. The zero-order valence-corrected chi connectivity index (χ0v) is 20.7. The van der Waals surface area contributed by atoms with Crippen LogP contribution in [0.2, 0.25) is 0 Å². The van der Waals surface area contributed by atoms with Crippen molar-refractivity contribution < 1.29 is 13.2 Å². The Kier molecular flexibility index (Phi) is 7.59. The first-order valence-corrected chi connectivity index (χ1v) is 12.6. The van der Waals surface area contributed by atoms with Gasteiger partial charge in [0.2, 0.25) is 5.91 Å². The third-order valence-corrected chi connectivity index (χ3v) is 7.58. The number of rotatable bonds is 8. The number of carbonyl (C=O) groups is 1. The summed E-state index contributed by atoms with van der Waals surface area (Å²) in [7, 11) is -3.94. The highest BCUT2D eigenvalue weighted by Gasteiger charge is 2.29. The van der Waals surface area contributed by atoms with Crippen molar-refractivity contribution in [3.63, 3.8) is 0 Å². The van der Waals surface area contributed by atoms with Crippen LogP contribution in [0.1, 0.15) is 47.7 Å². The fraction of sp³-hybridized carbons (Fsp3) is 0.296. The lowest BCUT2D eigenvalue weighted by atomic mass is 10.0. The summed E-state index contributed by atoms with van der Waals surface area (Å²) in [6, 6.07) is 19.9. The Morgan fingerprint density at radius 2 is 1.58 bits per heavy atom. The van der Waals surface area contributed by atoms with Crippen LogP contribution in [0.5, 0.6) is 0 Å². The van der Waals surface area contributed by atoms with Gasteiger partial charge < -0.3 is 5.32 Å². The van der Waals surface area contributed by atoms with Gasteiger partial charge in [-0.25, -0.2) is 8.42 Å². The Balaban J connectivity index is 1.94. The second kappa shape index (κ2) is 10.2. The Morgan fingerprint density at radius 3 is 2.21 bits per heavy atom. The van der Waals surface area contributed by atoms with Crippen LogP contribution in [-0.4, -0.2) is 20.9 Å². The quantitative estimate of drug-likeness (QED) is 0.495. The van der Waals surface area contributed by atoms with Crippen molar-refractivity contribution >= 4 is 21.6 Å². The highest BCUT2D eigenvalue weighted by Crippen LogP contribution is 2.28. The number of benzene rings is 3. The van der Waals surface area contributed by atoms with E-state index in [1.165, 1.54) is 4.31 Å². The van der Waals surface area contributed by atoms with Gasteiger partial charge in [0, 0.05) is 0 Å². The van der Waals surface area contributed by atoms with Crippen molar-refractivity contribution in [3.05, 3.63) is 94.5 Å². The number of nitrogens with one attached hydrogen (secondary N) is 1. The number of hydrogen-bond donors (Lipinski definition) is 1. The maximum atomic E-state index is 13.6. The molecule has 0 fully saturated rings. The molecule has 0 saturated heterocycles. The van der Waals surface area contributed by atoms with Crippen molar-refractivity contribution in [2.45, 2.75) is 52.0 Å². The fourth-order valence-electron chi connectivity index (χ4n) is 4.00. The largest absolute Gasteiger partial charge is 0.348 e. The Morgan fingerprint density at radius 1 is 0.939 bits per heavy atom. The molecular formula is C27H32N2O3S. The molecule has 0 radical (unpaired) electrons. The molecule has 6 heteroatoms. The van der Waals surface area contributed by atoms with Crippen LogP contribution in [0.4, 0.5) is 5.69 Å². The number of amides is 1. The van der Waals surface area contributed by atoms with Crippen LogP contribution in [0.3, 0.4) is 0 Å². The molecule has 0 spiro atoms. The minimum atomic E-state index is -3.94. The van der Waals surface area contributed by atoms with E-state index in [4.69, 9.17) is 0 Å². The molecule has 0 unspecified atom stereocenters. The van der Waals surface area contributed by atoms with Crippen LogP contribution >= 0.6 is 0 Å². The maximum Gasteiger partial charge on any atom is 0.264 e. The van der Waals surface area contributed by atoms with Gasteiger partial charge in [0.25, 0.3) is 10.0 Å². The minimum Gasteiger partial charge on any atom is -0.348 e. The van der Waals surface area contributed by atoms with E-state index in [0.717, 1.165) is 27.8 Å². The van der Waals surface area contributed by atoms with E-state index in [0.29, 0.717) is 12.1 Å². The van der Waals surface area contributed by atoms with Gasteiger partial charge >= 0.3 is 0 Å². The zero-order valence-electron chi connectivity index (χ0n) is 19.9. The SMILES string of the molecule is CCc1ccccc1N(CC(=O)N[C@@H](C)c1ccc(C)cc1C)S(=O)(=O)c1ccc(C)cc1. The summed E-state index contributed by atoms with van der Waals surface area (Å²) in [5.41, 5.74) is 5.60. The van der Waals surface area contributed by atoms with Gasteiger partial charge in [-0.3, -0.25) is 9.10 Å². The average Bonchev–Trinajstić information content (AvgIpc) is 2.77. The first-order valence-electron chi connectivity index (χ1n) is 11.2. The topological polar surface area (TPSA) is 66.5 Å². The minimum absolute atomic E-state index is 0.161. The van der Waals surface area contributed by atoms with Crippen LogP contribution in [0.15, 0.2) is 71.6 Å². The summed E-state index contributed by atoms with van der Waals surface area (Å²) in [5.74, 6) is -0.357. The molecule has 0 aliphatic rings. The lowest BCUT2D eigenvalue weighted by molar-refractivity contribution is -0.120. The zero-order chi connectivity index (χ0) is 24.2. The summed E-state index contributed by atoms with van der Waals surface area (Å²) >= 11 is 0. The molecule has 0 bridgehead atoms. The van der Waals surface area contributed by atoms with Crippen molar-refractivity contribution in [1.29, 1.82) is 0 Å². The second-order valence-corrected chi connectivity index (χ2v) is 10.3. The molecular weight excluding hydrogens is 432 g/mol. The standard InChI is InChI=1S/C27H32N2O3S/c1-6-23-9-7-8-10-26(23)29(33(31,32)24-14-11-19(2)12-15-24)18-27(30)28-22(5)25-16-13-20(3)17-21(25)4/h7-17,22H,6,18H2,1-5H3,(H,28,30)/t22-/m0/s1. The smallest absolute Gasteiger partial charge is 0.264 e. The first kappa shape index (κ1) is 24.5. The van der Waals surface area contributed by atoms with Crippen LogP contribution in [-0.2, 0) is 21.2 Å². The summed E-state index contributed by atoms with van der Waals surface area (Å²) in [4.78, 5) is 13.3. The number of carbonyl (C=O) groups excluding carboxylic acids is 1. The Labute approximate surface area is 197 Å². The predicted octanol–water partition coefficient (Wildman–Crippen LogP) is 5.25. The molecule has 0 heterocycles. The summed E-state index contributed by atoms with van der Waals surface area (Å²) < 4.78 is 28.5. The lowest BCUT2D eigenvalue weighted by Gasteiger charge is -2.27. The molecule has 1 amide bonds. The van der Waals surface area contributed by atoms with Crippen molar-refractivity contribution in [2.24, 2.45) is 0 Å². The highest BCUT2D eigenvalue weighted by molar-refractivity contribution is 7.92. The number of hydrogen-bond acceptors (Lipinski definition) is 3. The number of anilines is 1. The van der Waals surface area contributed by atoms with Crippen LogP contribution in [0.25, 0.3) is 0 Å². The molecule has 0 aliphatic carbocycles. The summed E-state index contributed by atoms with van der Waals surface area (Å²) in [6.07, 6.45) is 0.649. The van der Waals surface area contributed by atoms with E-state index in [9.17, 15) is 13.2 Å². The summed E-state index contributed by atoms with van der Waals surface area (Å²) in [6.45, 7) is 9.52. The number of sulfonamides is 1. The fourth-order valence-corrected chi connectivity index (χ4v) is 5.46. The lowest BCUT2D eigenvalue weighted by Crippen LogP contribution is -2.42. The van der Waals surface area contributed by atoms with Crippen molar-refractivity contribution in [2.75, 3.05) is 10.8 Å². The highest BCUT2D eigenvalue weighted by atomic mass is 32.2. The monoisotopic (exact) mass is 464 g/mol. The van der Waals surface area contributed by atoms with Crippen LogP contribution in [0, 0.1) is 20.8 Å². The molecule has 0 aliphatic heterocycles. The van der Waals surface area contributed by atoms with Gasteiger partial charge in [-0.2, -0.15) is 0 Å². The molecule has 33 heavy (non-hydrogen) atoms. The number of nitrogens with zero attached hydrogens (tertiary/aromatic N) is 1. The van der Waals surface area contributed by atoms with E-state index < -0.39 is 10.0 Å². The molecule has 3 rings (SSSR count). The van der Waals surface area contributed by atoms with Gasteiger partial charge in [-0.1, -0.05) is 66.6 Å². The molecule has 3 aromatic carbocycles. The van der Waals surface area contributed by atoms with Crippen molar-refractivity contribution in [1.82, 2.24) is 5.32 Å². The Hall–Kier alpha value is -3.12. The molecule has 1 N–H and O–H groups in total. The first-order chi connectivity index (χ1) is 15.6. The normalized spacial score (nSPS) is 12.3. The van der Waals surface area contributed by atoms with Gasteiger partial charge in [-0.05, 0) is 69.0 Å². The molecule has 3 aromatic rings. The van der Waals surface area contributed by atoms with E-state index in [-0.39, 0.29) is 23.4 Å². The van der Waals surface area contributed by atoms with Gasteiger partial charge in [-0.15, -0.1) is 0 Å². The molecule has 174 valence electrons. The van der Waals surface area contributed by atoms with Gasteiger partial charge in [0.15, 0.2) is 0 Å². The second-order valence-electron chi connectivity index (χ2n) is 8.46. The van der Waals surface area contributed by atoms with E-state index in [2.05, 4.69) is 11.4 Å². The average molecular weight is 465 g/mol. The number of para-hydroxylation sites is 1. The van der Waals surface area contributed by atoms with E-state index >= 15 is 0 Å².